The maximum Gasteiger partial charge on any atom is 0.267 e. The number of aryl methyl sites for hydroxylation is 1. The van der Waals surface area contributed by atoms with Gasteiger partial charge in [0.15, 0.2) is 0 Å². The summed E-state index contributed by atoms with van der Waals surface area (Å²) in [6, 6.07) is 3.78. The zero-order chi connectivity index (χ0) is 14.3. The molecule has 2 aromatic rings. The molecule has 20 heavy (non-hydrogen) atoms. The Labute approximate surface area is 134 Å². The molecule has 0 amide bonds. The van der Waals surface area contributed by atoms with Gasteiger partial charge in [0.25, 0.3) is 5.56 Å². The van der Waals surface area contributed by atoms with Crippen molar-refractivity contribution in [1.29, 1.82) is 0 Å². The van der Waals surface area contributed by atoms with Crippen LogP contribution in [0, 0.1) is 10.5 Å². The number of aromatic nitrogens is 2. The van der Waals surface area contributed by atoms with Crippen molar-refractivity contribution >= 4 is 34.2 Å². The van der Waals surface area contributed by atoms with E-state index in [1.165, 1.54) is 0 Å². The van der Waals surface area contributed by atoms with Crippen molar-refractivity contribution in [2.75, 3.05) is 6.61 Å². The van der Waals surface area contributed by atoms with Gasteiger partial charge in [0.1, 0.15) is 5.75 Å². The molecule has 0 spiro atoms. The van der Waals surface area contributed by atoms with Crippen molar-refractivity contribution in [3.8, 4) is 5.75 Å². The average Bonchev–Trinajstić information content (AvgIpc) is 2.87. The van der Waals surface area contributed by atoms with Crippen LogP contribution in [0.1, 0.15) is 16.8 Å². The van der Waals surface area contributed by atoms with Crippen molar-refractivity contribution in [2.24, 2.45) is 0 Å². The zero-order valence-corrected chi connectivity index (χ0v) is 13.7. The number of fused-ring (bicyclic) bond motifs is 1. The van der Waals surface area contributed by atoms with E-state index in [0.29, 0.717) is 21.7 Å². The van der Waals surface area contributed by atoms with Gasteiger partial charge in [-0.3, -0.25) is 9.36 Å². The van der Waals surface area contributed by atoms with E-state index in [1.54, 1.807) is 10.9 Å². The molecule has 2 heterocycles. The van der Waals surface area contributed by atoms with Crippen LogP contribution >= 0.6 is 34.2 Å². The Morgan fingerprint density at radius 3 is 3.10 bits per heavy atom. The van der Waals surface area contributed by atoms with Gasteiger partial charge in [0.05, 0.1) is 28.7 Å². The first kappa shape index (κ1) is 13.9. The first-order valence-electron chi connectivity index (χ1n) is 6.22. The van der Waals surface area contributed by atoms with Gasteiger partial charge in [0.2, 0.25) is 0 Å². The van der Waals surface area contributed by atoms with Crippen LogP contribution in [0.25, 0.3) is 0 Å². The van der Waals surface area contributed by atoms with E-state index < -0.39 is 0 Å². The Morgan fingerprint density at radius 1 is 1.50 bits per heavy atom. The Bertz CT molecular complexity index is 743. The fourth-order valence-corrected chi connectivity index (χ4v) is 3.02. The summed E-state index contributed by atoms with van der Waals surface area (Å²) in [4.78, 5) is 16.5. The predicted molar refractivity (Wildman–Crippen MR) is 85.7 cm³/mol. The lowest BCUT2D eigenvalue weighted by Crippen LogP contribution is -2.24. The van der Waals surface area contributed by atoms with Crippen LogP contribution in [0.5, 0.6) is 5.75 Å². The van der Waals surface area contributed by atoms with E-state index >= 15 is 0 Å². The molecule has 104 valence electrons. The second kappa shape index (κ2) is 5.37. The lowest BCUT2D eigenvalue weighted by atomic mass is 10.1. The minimum Gasteiger partial charge on any atom is -0.493 e. The third-order valence-electron chi connectivity index (χ3n) is 3.32. The highest BCUT2D eigenvalue weighted by atomic mass is 127. The molecule has 0 radical (unpaired) electrons. The molecule has 4 nitrogen and oxygen atoms in total. The highest BCUT2D eigenvalue weighted by Gasteiger charge is 2.18. The van der Waals surface area contributed by atoms with Crippen molar-refractivity contribution < 1.29 is 4.74 Å². The van der Waals surface area contributed by atoms with Crippen LogP contribution in [0.15, 0.2) is 23.3 Å². The topological polar surface area (TPSA) is 44.1 Å². The van der Waals surface area contributed by atoms with E-state index in [1.807, 2.05) is 41.6 Å². The van der Waals surface area contributed by atoms with Crippen molar-refractivity contribution in [3.05, 3.63) is 54.2 Å². The smallest absolute Gasteiger partial charge is 0.267 e. The fraction of sp³-hybridized carbons (Fsp3) is 0.286. The van der Waals surface area contributed by atoms with Gasteiger partial charge in [-0.15, -0.1) is 0 Å². The molecule has 3 rings (SSSR count). The van der Waals surface area contributed by atoms with Gasteiger partial charge in [0, 0.05) is 17.0 Å². The number of rotatable bonds is 2. The van der Waals surface area contributed by atoms with Gasteiger partial charge in [-0.05, 0) is 47.2 Å². The number of hydrogen-bond acceptors (Lipinski definition) is 3. The molecular weight excluding hydrogens is 391 g/mol. The van der Waals surface area contributed by atoms with Crippen LogP contribution < -0.4 is 10.3 Å². The third-order valence-corrected chi connectivity index (χ3v) is 4.78. The minimum absolute atomic E-state index is 0.0372. The predicted octanol–water partition coefficient (Wildman–Crippen LogP) is 2.79. The van der Waals surface area contributed by atoms with Crippen LogP contribution in [-0.2, 0) is 13.0 Å². The van der Waals surface area contributed by atoms with E-state index in [-0.39, 0.29) is 5.56 Å². The molecule has 0 aliphatic carbocycles. The van der Waals surface area contributed by atoms with Crippen molar-refractivity contribution in [2.45, 2.75) is 19.9 Å². The lowest BCUT2D eigenvalue weighted by Gasteiger charge is -2.11. The lowest BCUT2D eigenvalue weighted by molar-refractivity contribution is 0.352. The summed E-state index contributed by atoms with van der Waals surface area (Å²) in [5, 5.41) is 0.673. The molecule has 1 aromatic carbocycles. The number of hydrogen-bond donors (Lipinski definition) is 0. The standard InChI is InChI=1S/C14H12ClIN2O2/c1-8-12(16)14(19)18(7-17-8)6-10-5-11(15)4-9-2-3-20-13(9)10/h4-5,7H,2-3,6H2,1H3. The van der Waals surface area contributed by atoms with Crippen LogP contribution in [-0.4, -0.2) is 16.2 Å². The largest absolute Gasteiger partial charge is 0.493 e. The summed E-state index contributed by atoms with van der Waals surface area (Å²) in [5.74, 6) is 0.858. The summed E-state index contributed by atoms with van der Waals surface area (Å²) in [7, 11) is 0. The van der Waals surface area contributed by atoms with Gasteiger partial charge < -0.3 is 4.74 Å². The molecule has 1 aromatic heterocycles. The first-order valence-corrected chi connectivity index (χ1v) is 7.67. The first-order chi connectivity index (χ1) is 9.56. The third kappa shape index (κ3) is 2.44. The zero-order valence-electron chi connectivity index (χ0n) is 10.8. The molecule has 6 heteroatoms. The van der Waals surface area contributed by atoms with Gasteiger partial charge >= 0.3 is 0 Å². The van der Waals surface area contributed by atoms with E-state index in [0.717, 1.165) is 29.0 Å². The Hall–Kier alpha value is -1.08. The van der Waals surface area contributed by atoms with Gasteiger partial charge in [-0.25, -0.2) is 4.98 Å². The molecule has 1 aliphatic rings. The molecule has 0 N–H and O–H groups in total. The van der Waals surface area contributed by atoms with Crippen molar-refractivity contribution in [3.63, 3.8) is 0 Å². The summed E-state index contributed by atoms with van der Waals surface area (Å²) in [6.07, 6.45) is 2.43. The average molecular weight is 403 g/mol. The highest BCUT2D eigenvalue weighted by molar-refractivity contribution is 14.1. The summed E-state index contributed by atoms with van der Waals surface area (Å²) >= 11 is 8.16. The highest BCUT2D eigenvalue weighted by Crippen LogP contribution is 2.33. The van der Waals surface area contributed by atoms with E-state index in [4.69, 9.17) is 16.3 Å². The molecule has 1 aliphatic heterocycles. The SMILES string of the molecule is Cc1ncn(Cc2cc(Cl)cc3c2OCC3)c(=O)c1I. The molecule has 0 saturated carbocycles. The normalized spacial score (nSPS) is 13.2. The number of benzene rings is 1. The number of halogens is 2. The maximum atomic E-state index is 12.2. The molecular formula is C14H12ClIN2O2. The number of nitrogens with zero attached hydrogens (tertiary/aromatic N) is 2. The molecule has 0 fully saturated rings. The second-order valence-electron chi connectivity index (χ2n) is 4.73. The molecule has 0 saturated heterocycles. The van der Waals surface area contributed by atoms with E-state index in [2.05, 4.69) is 4.98 Å². The summed E-state index contributed by atoms with van der Waals surface area (Å²) in [6.45, 7) is 2.92. The number of ether oxygens (including phenoxy) is 1. The quantitative estimate of drug-likeness (QED) is 0.726. The van der Waals surface area contributed by atoms with Gasteiger partial charge in [-0.2, -0.15) is 0 Å². The van der Waals surface area contributed by atoms with Crippen LogP contribution in [0.4, 0.5) is 0 Å². The maximum absolute atomic E-state index is 12.2. The summed E-state index contributed by atoms with van der Waals surface area (Å²) in [5.41, 5.74) is 2.74. The van der Waals surface area contributed by atoms with Crippen LogP contribution in [0.2, 0.25) is 5.02 Å². The van der Waals surface area contributed by atoms with E-state index in [9.17, 15) is 4.79 Å². The summed E-state index contributed by atoms with van der Waals surface area (Å²) < 4.78 is 7.88. The van der Waals surface area contributed by atoms with Gasteiger partial charge in [-0.1, -0.05) is 11.6 Å². The molecule has 0 atom stereocenters. The Morgan fingerprint density at radius 2 is 2.30 bits per heavy atom. The molecule has 0 bridgehead atoms. The fourth-order valence-electron chi connectivity index (χ4n) is 2.31. The minimum atomic E-state index is -0.0372. The monoisotopic (exact) mass is 402 g/mol. The Kier molecular flexibility index (Phi) is 3.72. The van der Waals surface area contributed by atoms with Crippen molar-refractivity contribution in [1.82, 2.24) is 9.55 Å². The Balaban J connectivity index is 2.05. The second-order valence-corrected chi connectivity index (χ2v) is 6.24. The van der Waals surface area contributed by atoms with Crippen LogP contribution in [0.3, 0.4) is 0 Å². The molecule has 0 unspecified atom stereocenters.